The highest BCUT2D eigenvalue weighted by Crippen LogP contribution is 2.21. The van der Waals surface area contributed by atoms with Gasteiger partial charge in [0.2, 0.25) is 11.8 Å². The lowest BCUT2D eigenvalue weighted by Crippen LogP contribution is -2.38. The summed E-state index contributed by atoms with van der Waals surface area (Å²) in [5.41, 5.74) is 1.12. The summed E-state index contributed by atoms with van der Waals surface area (Å²) in [6.45, 7) is 5.33. The van der Waals surface area contributed by atoms with Crippen molar-refractivity contribution in [2.24, 2.45) is 5.92 Å². The number of carbonyl (C=O) groups excluding carboxylic acids is 2. The van der Waals surface area contributed by atoms with E-state index in [1.807, 2.05) is 61.2 Å². The van der Waals surface area contributed by atoms with Crippen molar-refractivity contribution in [3.05, 3.63) is 35.9 Å². The quantitative estimate of drug-likeness (QED) is 0.764. The first-order chi connectivity index (χ1) is 11.0. The highest BCUT2D eigenvalue weighted by Gasteiger charge is 2.35. The number of nitrogens with zero attached hydrogens (tertiary/aromatic N) is 3. The molecule has 0 radical (unpaired) electrons. The maximum atomic E-state index is 12.7. The number of hydrogen-bond donors (Lipinski definition) is 0. The van der Waals surface area contributed by atoms with Crippen molar-refractivity contribution in [3.63, 3.8) is 0 Å². The Balaban J connectivity index is 1.94. The van der Waals surface area contributed by atoms with E-state index >= 15 is 0 Å². The Morgan fingerprint density at radius 2 is 1.96 bits per heavy atom. The van der Waals surface area contributed by atoms with Crippen LogP contribution in [0.25, 0.3) is 0 Å². The fourth-order valence-corrected chi connectivity index (χ4v) is 2.88. The van der Waals surface area contributed by atoms with Crippen LogP contribution in [0.15, 0.2) is 30.3 Å². The average molecular weight is 317 g/mol. The third-order valence-corrected chi connectivity index (χ3v) is 4.29. The number of rotatable bonds is 7. The lowest BCUT2D eigenvalue weighted by atomic mass is 10.1. The van der Waals surface area contributed by atoms with Crippen molar-refractivity contribution in [2.75, 3.05) is 40.3 Å². The Morgan fingerprint density at radius 3 is 2.57 bits per heavy atom. The summed E-state index contributed by atoms with van der Waals surface area (Å²) in [7, 11) is 3.98. The van der Waals surface area contributed by atoms with Crippen LogP contribution < -0.4 is 0 Å². The molecule has 1 saturated heterocycles. The minimum atomic E-state index is -0.201. The Morgan fingerprint density at radius 1 is 1.26 bits per heavy atom. The lowest BCUT2D eigenvalue weighted by molar-refractivity contribution is -0.136. The van der Waals surface area contributed by atoms with Gasteiger partial charge in [-0.1, -0.05) is 30.3 Å². The van der Waals surface area contributed by atoms with Crippen LogP contribution in [0.3, 0.4) is 0 Å². The van der Waals surface area contributed by atoms with Crippen LogP contribution in [0.4, 0.5) is 0 Å². The van der Waals surface area contributed by atoms with Gasteiger partial charge in [0.15, 0.2) is 0 Å². The van der Waals surface area contributed by atoms with Crippen molar-refractivity contribution < 1.29 is 9.59 Å². The maximum Gasteiger partial charge on any atom is 0.228 e. The van der Waals surface area contributed by atoms with Gasteiger partial charge < -0.3 is 14.7 Å². The van der Waals surface area contributed by atoms with Crippen molar-refractivity contribution in [3.8, 4) is 0 Å². The van der Waals surface area contributed by atoms with Crippen LogP contribution in [-0.2, 0) is 16.1 Å². The topological polar surface area (TPSA) is 43.9 Å². The zero-order chi connectivity index (χ0) is 16.8. The van der Waals surface area contributed by atoms with E-state index in [1.54, 1.807) is 0 Å². The number of hydrogen-bond acceptors (Lipinski definition) is 3. The van der Waals surface area contributed by atoms with Crippen molar-refractivity contribution >= 4 is 11.8 Å². The van der Waals surface area contributed by atoms with Crippen molar-refractivity contribution in [1.82, 2.24) is 14.7 Å². The van der Waals surface area contributed by atoms with Crippen molar-refractivity contribution in [1.29, 1.82) is 0 Å². The predicted molar refractivity (Wildman–Crippen MR) is 90.8 cm³/mol. The molecule has 0 bridgehead atoms. The molecule has 126 valence electrons. The van der Waals surface area contributed by atoms with E-state index in [9.17, 15) is 9.59 Å². The molecule has 1 aromatic carbocycles. The molecule has 5 heteroatoms. The van der Waals surface area contributed by atoms with E-state index in [4.69, 9.17) is 0 Å². The maximum absolute atomic E-state index is 12.7. The first kappa shape index (κ1) is 17.5. The molecule has 2 amide bonds. The minimum absolute atomic E-state index is 0.0945. The minimum Gasteiger partial charge on any atom is -0.341 e. The first-order valence-corrected chi connectivity index (χ1v) is 8.26. The van der Waals surface area contributed by atoms with Gasteiger partial charge in [-0.15, -0.1) is 0 Å². The fraction of sp³-hybridized carbons (Fsp3) is 0.556. The number of likely N-dealkylation sites (tertiary alicyclic amines) is 1. The van der Waals surface area contributed by atoms with Crippen LogP contribution in [0, 0.1) is 5.92 Å². The highest BCUT2D eigenvalue weighted by molar-refractivity contribution is 5.89. The Bertz CT molecular complexity index is 530. The summed E-state index contributed by atoms with van der Waals surface area (Å²) in [6.07, 6.45) is 0.345. The molecular weight excluding hydrogens is 290 g/mol. The molecule has 0 saturated carbocycles. The van der Waals surface area contributed by atoms with E-state index < -0.39 is 0 Å². The fourth-order valence-electron chi connectivity index (χ4n) is 2.88. The van der Waals surface area contributed by atoms with Crippen LogP contribution in [0.2, 0.25) is 0 Å². The Labute approximate surface area is 138 Å². The number of amides is 2. The van der Waals surface area contributed by atoms with Gasteiger partial charge in [-0.05, 0) is 26.6 Å². The molecule has 1 atom stereocenters. The molecule has 0 spiro atoms. The van der Waals surface area contributed by atoms with E-state index in [-0.39, 0.29) is 17.7 Å². The largest absolute Gasteiger partial charge is 0.341 e. The van der Waals surface area contributed by atoms with Gasteiger partial charge in [0, 0.05) is 39.1 Å². The zero-order valence-electron chi connectivity index (χ0n) is 14.4. The molecule has 0 aliphatic carbocycles. The number of likely N-dealkylation sites (N-methyl/N-ethyl adjacent to an activating group) is 1. The summed E-state index contributed by atoms with van der Waals surface area (Å²) < 4.78 is 0. The third kappa shape index (κ3) is 4.79. The van der Waals surface area contributed by atoms with Crippen LogP contribution >= 0.6 is 0 Å². The monoisotopic (exact) mass is 317 g/mol. The molecule has 0 N–H and O–H groups in total. The van der Waals surface area contributed by atoms with Gasteiger partial charge >= 0.3 is 0 Å². The summed E-state index contributed by atoms with van der Waals surface area (Å²) in [4.78, 5) is 30.6. The normalized spacial score (nSPS) is 17.8. The molecular formula is C18H27N3O2. The van der Waals surface area contributed by atoms with Gasteiger partial charge in [0.05, 0.1) is 5.92 Å². The first-order valence-electron chi connectivity index (χ1n) is 8.26. The van der Waals surface area contributed by atoms with Gasteiger partial charge in [0.1, 0.15) is 0 Å². The second-order valence-corrected chi connectivity index (χ2v) is 6.38. The summed E-state index contributed by atoms with van der Waals surface area (Å²) in [5.74, 6) is -0.00801. The molecule has 23 heavy (non-hydrogen) atoms. The Hall–Kier alpha value is -1.88. The molecule has 1 aliphatic rings. The second-order valence-electron chi connectivity index (χ2n) is 6.38. The van der Waals surface area contributed by atoms with Crippen LogP contribution in [0.1, 0.15) is 18.9 Å². The summed E-state index contributed by atoms with van der Waals surface area (Å²) in [6, 6.07) is 9.99. The van der Waals surface area contributed by atoms with E-state index in [2.05, 4.69) is 4.90 Å². The predicted octanol–water partition coefficient (Wildman–Crippen LogP) is 1.45. The van der Waals surface area contributed by atoms with Gasteiger partial charge in [-0.25, -0.2) is 0 Å². The smallest absolute Gasteiger partial charge is 0.228 e. The van der Waals surface area contributed by atoms with Gasteiger partial charge in [-0.3, -0.25) is 9.59 Å². The SMILES string of the molecule is CCN(Cc1ccccc1)C(=O)C1CC(=O)N(CCN(C)C)C1. The summed E-state index contributed by atoms with van der Waals surface area (Å²) >= 11 is 0. The third-order valence-electron chi connectivity index (χ3n) is 4.29. The molecule has 0 aromatic heterocycles. The highest BCUT2D eigenvalue weighted by atomic mass is 16.2. The zero-order valence-corrected chi connectivity index (χ0v) is 14.4. The van der Waals surface area contributed by atoms with E-state index in [0.717, 1.165) is 12.1 Å². The Kier molecular flexibility index (Phi) is 6.16. The molecule has 1 fully saturated rings. The molecule has 5 nitrogen and oxygen atoms in total. The second kappa shape index (κ2) is 8.11. The molecule has 2 rings (SSSR count). The number of carbonyl (C=O) groups is 2. The average Bonchev–Trinajstić information content (AvgIpc) is 2.92. The molecule has 1 aliphatic heterocycles. The van der Waals surface area contributed by atoms with Gasteiger partial charge in [0.25, 0.3) is 0 Å². The van der Waals surface area contributed by atoms with Crippen LogP contribution in [0.5, 0.6) is 0 Å². The van der Waals surface area contributed by atoms with Crippen molar-refractivity contribution in [2.45, 2.75) is 19.9 Å². The van der Waals surface area contributed by atoms with Crippen LogP contribution in [-0.4, -0.2) is 66.8 Å². The lowest BCUT2D eigenvalue weighted by Gasteiger charge is -2.24. The standard InChI is InChI=1S/C18H27N3O2/c1-4-20(13-15-8-6-5-7-9-15)18(23)16-12-17(22)21(14-16)11-10-19(2)3/h5-9,16H,4,10-14H2,1-3H3. The molecule has 1 heterocycles. The summed E-state index contributed by atoms with van der Waals surface area (Å²) in [5, 5.41) is 0. The molecule has 1 unspecified atom stereocenters. The van der Waals surface area contributed by atoms with E-state index in [1.165, 1.54) is 0 Å². The molecule has 1 aromatic rings. The number of benzene rings is 1. The van der Waals surface area contributed by atoms with Gasteiger partial charge in [-0.2, -0.15) is 0 Å². The van der Waals surface area contributed by atoms with E-state index in [0.29, 0.717) is 32.6 Å².